The normalized spacial score (nSPS) is 12.5. The van der Waals surface area contributed by atoms with Crippen molar-refractivity contribution >= 4 is 22.4 Å². The molecular weight excluding hydrogens is 268 g/mol. The van der Waals surface area contributed by atoms with Crippen molar-refractivity contribution in [3.05, 3.63) is 82.9 Å². The molecule has 0 saturated heterocycles. The minimum Gasteiger partial charge on any atom is -0.388 e. The summed E-state index contributed by atoms with van der Waals surface area (Å²) in [6.07, 6.45) is 0.0976. The first-order valence-electron chi connectivity index (χ1n) is 6.63. The quantitative estimate of drug-likeness (QED) is 0.734. The maximum absolute atomic E-state index is 10.3. The summed E-state index contributed by atoms with van der Waals surface area (Å²) < 4.78 is 0. The van der Waals surface area contributed by atoms with Gasteiger partial charge in [-0.25, -0.2) is 0 Å². The SMILES string of the molecule is OC(Cc1ccc2ccccc2c1)c1ccc(Cl)cc1. The zero-order valence-corrected chi connectivity index (χ0v) is 11.7. The van der Waals surface area contributed by atoms with Gasteiger partial charge in [-0.15, -0.1) is 0 Å². The Bertz CT molecular complexity index is 719. The zero-order chi connectivity index (χ0) is 13.9. The van der Waals surface area contributed by atoms with Crippen molar-refractivity contribution in [2.45, 2.75) is 12.5 Å². The lowest BCUT2D eigenvalue weighted by Gasteiger charge is -2.12. The Hall–Kier alpha value is -1.83. The number of aliphatic hydroxyl groups excluding tert-OH is 1. The van der Waals surface area contributed by atoms with Gasteiger partial charge in [-0.05, 0) is 34.0 Å². The molecular formula is C18H15ClO. The van der Waals surface area contributed by atoms with Crippen LogP contribution in [0.4, 0.5) is 0 Å². The van der Waals surface area contributed by atoms with E-state index in [0.29, 0.717) is 11.4 Å². The van der Waals surface area contributed by atoms with Gasteiger partial charge in [0.15, 0.2) is 0 Å². The van der Waals surface area contributed by atoms with Crippen LogP contribution in [-0.4, -0.2) is 5.11 Å². The van der Waals surface area contributed by atoms with Crippen LogP contribution in [0.15, 0.2) is 66.7 Å². The summed E-state index contributed by atoms with van der Waals surface area (Å²) in [6, 6.07) is 21.9. The molecule has 1 unspecified atom stereocenters. The maximum Gasteiger partial charge on any atom is 0.0830 e. The predicted octanol–water partition coefficient (Wildman–Crippen LogP) is 4.77. The van der Waals surface area contributed by atoms with Crippen molar-refractivity contribution in [3.63, 3.8) is 0 Å². The topological polar surface area (TPSA) is 20.2 Å². The first-order chi connectivity index (χ1) is 9.72. The van der Waals surface area contributed by atoms with E-state index < -0.39 is 6.10 Å². The van der Waals surface area contributed by atoms with Crippen LogP contribution >= 0.6 is 11.6 Å². The molecule has 0 aliphatic rings. The van der Waals surface area contributed by atoms with E-state index in [1.165, 1.54) is 10.8 Å². The standard InChI is InChI=1S/C18H15ClO/c19-17-9-7-15(8-10-17)18(20)12-13-5-6-14-3-1-2-4-16(14)11-13/h1-11,18,20H,12H2. The zero-order valence-electron chi connectivity index (χ0n) is 11.0. The fourth-order valence-corrected chi connectivity index (χ4v) is 2.52. The Morgan fingerprint density at radius 3 is 2.30 bits per heavy atom. The molecule has 1 nitrogen and oxygen atoms in total. The molecule has 100 valence electrons. The van der Waals surface area contributed by atoms with Crippen molar-refractivity contribution in [2.75, 3.05) is 0 Å². The first-order valence-corrected chi connectivity index (χ1v) is 7.01. The van der Waals surface area contributed by atoms with Gasteiger partial charge in [0.2, 0.25) is 0 Å². The van der Waals surface area contributed by atoms with Gasteiger partial charge < -0.3 is 5.11 Å². The fraction of sp³-hybridized carbons (Fsp3) is 0.111. The summed E-state index contributed by atoms with van der Waals surface area (Å²) in [5.41, 5.74) is 2.02. The third-order valence-electron chi connectivity index (χ3n) is 3.50. The Morgan fingerprint density at radius 2 is 1.55 bits per heavy atom. The summed E-state index contributed by atoms with van der Waals surface area (Å²) in [4.78, 5) is 0. The van der Waals surface area contributed by atoms with Crippen molar-refractivity contribution in [1.29, 1.82) is 0 Å². The molecule has 3 aromatic rings. The van der Waals surface area contributed by atoms with Crippen LogP contribution in [0.1, 0.15) is 17.2 Å². The third-order valence-corrected chi connectivity index (χ3v) is 3.75. The van der Waals surface area contributed by atoms with Gasteiger partial charge in [0.1, 0.15) is 0 Å². The van der Waals surface area contributed by atoms with Crippen molar-refractivity contribution in [1.82, 2.24) is 0 Å². The predicted molar refractivity (Wildman–Crippen MR) is 84.1 cm³/mol. The monoisotopic (exact) mass is 282 g/mol. The number of hydrogen-bond donors (Lipinski definition) is 1. The molecule has 0 radical (unpaired) electrons. The Labute approximate surface area is 123 Å². The average Bonchev–Trinajstić information content (AvgIpc) is 2.48. The summed E-state index contributed by atoms with van der Waals surface area (Å²) in [5, 5.41) is 13.4. The van der Waals surface area contributed by atoms with E-state index in [1.54, 1.807) is 12.1 Å². The van der Waals surface area contributed by atoms with E-state index in [4.69, 9.17) is 11.6 Å². The van der Waals surface area contributed by atoms with Crippen molar-refractivity contribution in [3.8, 4) is 0 Å². The number of halogens is 1. The lowest BCUT2D eigenvalue weighted by Crippen LogP contribution is -2.01. The number of aliphatic hydroxyl groups is 1. The largest absolute Gasteiger partial charge is 0.388 e. The van der Waals surface area contributed by atoms with Crippen LogP contribution in [0.5, 0.6) is 0 Å². The van der Waals surface area contributed by atoms with Crippen molar-refractivity contribution < 1.29 is 5.11 Å². The molecule has 0 aliphatic carbocycles. The van der Waals surface area contributed by atoms with E-state index in [2.05, 4.69) is 30.3 Å². The van der Waals surface area contributed by atoms with Gasteiger partial charge in [-0.1, -0.05) is 66.2 Å². The molecule has 0 bridgehead atoms. The van der Waals surface area contributed by atoms with E-state index in [0.717, 1.165) is 11.1 Å². The lowest BCUT2D eigenvalue weighted by molar-refractivity contribution is 0.178. The highest BCUT2D eigenvalue weighted by Gasteiger charge is 2.08. The van der Waals surface area contributed by atoms with Crippen LogP contribution in [0, 0.1) is 0 Å². The second-order valence-corrected chi connectivity index (χ2v) is 5.39. The van der Waals surface area contributed by atoms with Gasteiger partial charge in [0.05, 0.1) is 6.10 Å². The van der Waals surface area contributed by atoms with Gasteiger partial charge in [0.25, 0.3) is 0 Å². The molecule has 0 aliphatic heterocycles. The first kappa shape index (κ1) is 13.2. The number of benzene rings is 3. The Morgan fingerprint density at radius 1 is 0.850 bits per heavy atom. The van der Waals surface area contributed by atoms with Crippen LogP contribution < -0.4 is 0 Å². The van der Waals surface area contributed by atoms with Crippen LogP contribution in [0.2, 0.25) is 5.02 Å². The second kappa shape index (κ2) is 5.66. The highest BCUT2D eigenvalue weighted by molar-refractivity contribution is 6.30. The molecule has 20 heavy (non-hydrogen) atoms. The van der Waals surface area contributed by atoms with E-state index in [-0.39, 0.29) is 0 Å². The number of hydrogen-bond acceptors (Lipinski definition) is 1. The molecule has 0 saturated carbocycles. The van der Waals surface area contributed by atoms with Gasteiger partial charge in [-0.2, -0.15) is 0 Å². The third kappa shape index (κ3) is 2.84. The van der Waals surface area contributed by atoms with Gasteiger partial charge in [-0.3, -0.25) is 0 Å². The molecule has 3 rings (SSSR count). The van der Waals surface area contributed by atoms with Crippen molar-refractivity contribution in [2.24, 2.45) is 0 Å². The molecule has 0 aromatic heterocycles. The lowest BCUT2D eigenvalue weighted by atomic mass is 9.99. The number of fused-ring (bicyclic) bond motifs is 1. The molecule has 2 heteroatoms. The van der Waals surface area contributed by atoms with E-state index in [9.17, 15) is 5.11 Å². The average molecular weight is 283 g/mol. The summed E-state index contributed by atoms with van der Waals surface area (Å²) in [6.45, 7) is 0. The Kier molecular flexibility index (Phi) is 3.72. The smallest absolute Gasteiger partial charge is 0.0830 e. The van der Waals surface area contributed by atoms with Gasteiger partial charge in [0, 0.05) is 11.4 Å². The molecule has 3 aromatic carbocycles. The fourth-order valence-electron chi connectivity index (χ4n) is 2.39. The van der Waals surface area contributed by atoms with Crippen LogP contribution in [-0.2, 0) is 6.42 Å². The molecule has 1 atom stereocenters. The molecule has 0 amide bonds. The second-order valence-electron chi connectivity index (χ2n) is 4.95. The molecule has 0 spiro atoms. The Balaban J connectivity index is 1.83. The van der Waals surface area contributed by atoms with E-state index in [1.807, 2.05) is 24.3 Å². The van der Waals surface area contributed by atoms with Gasteiger partial charge >= 0.3 is 0 Å². The molecule has 0 fully saturated rings. The highest BCUT2D eigenvalue weighted by atomic mass is 35.5. The summed E-state index contributed by atoms with van der Waals surface area (Å²) >= 11 is 5.86. The van der Waals surface area contributed by atoms with E-state index >= 15 is 0 Å². The summed E-state index contributed by atoms with van der Waals surface area (Å²) in [7, 11) is 0. The summed E-state index contributed by atoms with van der Waals surface area (Å²) in [5.74, 6) is 0. The molecule has 0 heterocycles. The maximum atomic E-state index is 10.3. The molecule has 1 N–H and O–H groups in total. The minimum atomic E-state index is -0.506. The minimum absolute atomic E-state index is 0.506. The number of rotatable bonds is 3. The van der Waals surface area contributed by atoms with Crippen LogP contribution in [0.25, 0.3) is 10.8 Å². The van der Waals surface area contributed by atoms with Crippen LogP contribution in [0.3, 0.4) is 0 Å². The highest BCUT2D eigenvalue weighted by Crippen LogP contribution is 2.22.